The van der Waals surface area contributed by atoms with Crippen LogP contribution in [0.1, 0.15) is 20.8 Å². The van der Waals surface area contributed by atoms with Crippen LogP contribution >= 0.6 is 7.60 Å². The quantitative estimate of drug-likeness (QED) is 0.276. The molecule has 0 unspecified atom stereocenters. The van der Waals surface area contributed by atoms with Crippen LogP contribution in [0, 0.1) is 0 Å². The number of nitrogens with one attached hydrogen (secondary N) is 4. The van der Waals surface area contributed by atoms with Crippen LogP contribution in [0.3, 0.4) is 0 Å². The molecule has 0 saturated carbocycles. The molecule has 11 heteroatoms. The minimum atomic E-state index is -4.44. The predicted octanol–water partition coefficient (Wildman–Crippen LogP) is -2.14. The smallest absolute Gasteiger partial charge is 0.343 e. The van der Waals surface area contributed by atoms with Crippen molar-refractivity contribution < 1.29 is 28.7 Å². The summed E-state index contributed by atoms with van der Waals surface area (Å²) in [6.07, 6.45) is 0. The largest absolute Gasteiger partial charge is 0.347 e. The molecule has 6 N–H and O–H groups in total. The Labute approximate surface area is 128 Å². The van der Waals surface area contributed by atoms with Gasteiger partial charge in [0.25, 0.3) is 0 Å². The van der Waals surface area contributed by atoms with Gasteiger partial charge in [-0.25, -0.2) is 0 Å². The maximum absolute atomic E-state index is 11.8. The molecule has 0 heterocycles. The van der Waals surface area contributed by atoms with E-state index in [2.05, 4.69) is 21.3 Å². The van der Waals surface area contributed by atoms with Gasteiger partial charge in [-0.3, -0.25) is 18.9 Å². The molecule has 10 nitrogen and oxygen atoms in total. The Kier molecular flexibility index (Phi) is 8.25. The van der Waals surface area contributed by atoms with Crippen LogP contribution < -0.4 is 21.3 Å². The summed E-state index contributed by atoms with van der Waals surface area (Å²) < 4.78 is 10.9. The normalized spacial score (nSPS) is 15.4. The summed E-state index contributed by atoms with van der Waals surface area (Å²) in [5.41, 5.74) is 0. The van der Waals surface area contributed by atoms with Gasteiger partial charge < -0.3 is 31.1 Å². The third-order valence-electron chi connectivity index (χ3n) is 2.72. The fourth-order valence-electron chi connectivity index (χ4n) is 1.34. The van der Waals surface area contributed by atoms with Gasteiger partial charge in [0, 0.05) is 0 Å². The first-order valence-corrected chi connectivity index (χ1v) is 8.27. The van der Waals surface area contributed by atoms with Gasteiger partial charge in [0.15, 0.2) is 0 Å². The SMILES string of the molecule is CNCC(=O)N[C@H](C)C(=O)N[C@@H](C)C(=O)N[C@@H](C)P(=O)(O)O. The van der Waals surface area contributed by atoms with E-state index in [9.17, 15) is 18.9 Å². The molecule has 128 valence electrons. The molecule has 0 aliphatic carbocycles. The minimum Gasteiger partial charge on any atom is -0.343 e. The molecule has 0 saturated heterocycles. The molecule has 0 aliphatic rings. The van der Waals surface area contributed by atoms with Crippen molar-refractivity contribution in [3.8, 4) is 0 Å². The fraction of sp³-hybridized carbons (Fsp3) is 0.727. The summed E-state index contributed by atoms with van der Waals surface area (Å²) in [6, 6.07) is -1.86. The van der Waals surface area contributed by atoms with Crippen LogP contribution in [0.15, 0.2) is 0 Å². The molecule has 22 heavy (non-hydrogen) atoms. The Morgan fingerprint density at radius 2 is 1.41 bits per heavy atom. The first kappa shape index (κ1) is 20.5. The summed E-state index contributed by atoms with van der Waals surface area (Å²) in [7, 11) is -2.86. The van der Waals surface area contributed by atoms with Crippen molar-refractivity contribution in [2.45, 2.75) is 38.6 Å². The van der Waals surface area contributed by atoms with Gasteiger partial charge in [0.1, 0.15) is 17.9 Å². The lowest BCUT2D eigenvalue weighted by molar-refractivity contribution is -0.131. The highest BCUT2D eigenvalue weighted by molar-refractivity contribution is 7.52. The van der Waals surface area contributed by atoms with Gasteiger partial charge >= 0.3 is 7.60 Å². The topological polar surface area (TPSA) is 157 Å². The second kappa shape index (κ2) is 8.84. The van der Waals surface area contributed by atoms with Gasteiger partial charge in [-0.1, -0.05) is 0 Å². The van der Waals surface area contributed by atoms with E-state index in [0.717, 1.165) is 6.92 Å². The Hall–Kier alpha value is -1.48. The number of rotatable bonds is 8. The maximum Gasteiger partial charge on any atom is 0.347 e. The van der Waals surface area contributed by atoms with Crippen LogP contribution in [-0.2, 0) is 18.9 Å². The number of carbonyl (C=O) groups excluding carboxylic acids is 3. The fourth-order valence-corrected chi connectivity index (χ4v) is 1.63. The molecular weight excluding hydrogens is 315 g/mol. The molecule has 3 amide bonds. The molecule has 0 spiro atoms. The van der Waals surface area contributed by atoms with E-state index >= 15 is 0 Å². The van der Waals surface area contributed by atoms with E-state index in [1.54, 1.807) is 7.05 Å². The molecule has 0 rings (SSSR count). The summed E-state index contributed by atoms with van der Waals surface area (Å²) >= 11 is 0. The molecular formula is C11H23N4O6P. The lowest BCUT2D eigenvalue weighted by Crippen LogP contribution is -2.53. The van der Waals surface area contributed by atoms with Gasteiger partial charge in [0.2, 0.25) is 17.7 Å². The molecule has 0 fully saturated rings. The second-order valence-electron chi connectivity index (χ2n) is 4.82. The summed E-state index contributed by atoms with van der Waals surface area (Å²) in [4.78, 5) is 52.6. The number of carbonyl (C=O) groups is 3. The molecule has 0 radical (unpaired) electrons. The van der Waals surface area contributed by atoms with Crippen molar-refractivity contribution in [2.24, 2.45) is 0 Å². The van der Waals surface area contributed by atoms with Crippen LogP contribution in [0.4, 0.5) is 0 Å². The van der Waals surface area contributed by atoms with Crippen molar-refractivity contribution in [3.05, 3.63) is 0 Å². The van der Waals surface area contributed by atoms with Crippen molar-refractivity contribution in [2.75, 3.05) is 13.6 Å². The average Bonchev–Trinajstić information content (AvgIpc) is 2.37. The zero-order valence-electron chi connectivity index (χ0n) is 12.9. The van der Waals surface area contributed by atoms with E-state index in [1.165, 1.54) is 13.8 Å². The van der Waals surface area contributed by atoms with Gasteiger partial charge in [-0.15, -0.1) is 0 Å². The highest BCUT2D eigenvalue weighted by Crippen LogP contribution is 2.38. The van der Waals surface area contributed by atoms with Crippen molar-refractivity contribution >= 4 is 25.3 Å². The third kappa shape index (κ3) is 7.51. The maximum atomic E-state index is 11.8. The van der Waals surface area contributed by atoms with Crippen LogP contribution in [0.25, 0.3) is 0 Å². The lowest BCUT2D eigenvalue weighted by Gasteiger charge is -2.21. The van der Waals surface area contributed by atoms with E-state index in [0.29, 0.717) is 0 Å². The number of likely N-dealkylation sites (N-methyl/N-ethyl adjacent to an activating group) is 1. The lowest BCUT2D eigenvalue weighted by atomic mass is 10.2. The molecule has 0 aromatic heterocycles. The van der Waals surface area contributed by atoms with Crippen molar-refractivity contribution in [1.29, 1.82) is 0 Å². The Morgan fingerprint density at radius 3 is 1.86 bits per heavy atom. The summed E-state index contributed by atoms with van der Waals surface area (Å²) in [5, 5.41) is 9.50. The second-order valence-corrected chi connectivity index (χ2v) is 6.78. The Morgan fingerprint density at radius 1 is 0.955 bits per heavy atom. The molecule has 0 aliphatic heterocycles. The number of hydrogen-bond acceptors (Lipinski definition) is 5. The zero-order valence-corrected chi connectivity index (χ0v) is 13.8. The summed E-state index contributed by atoms with van der Waals surface area (Å²) in [5.74, 6) is -3.06. The van der Waals surface area contributed by atoms with Crippen LogP contribution in [0.2, 0.25) is 0 Å². The Bertz CT molecular complexity index is 465. The van der Waals surface area contributed by atoms with Gasteiger partial charge in [-0.05, 0) is 27.8 Å². The molecule has 0 aromatic rings. The number of amides is 3. The van der Waals surface area contributed by atoms with Crippen molar-refractivity contribution in [3.63, 3.8) is 0 Å². The van der Waals surface area contributed by atoms with Crippen LogP contribution in [-0.4, -0.2) is 59.0 Å². The summed E-state index contributed by atoms with van der Waals surface area (Å²) in [6.45, 7) is 4.02. The third-order valence-corrected chi connectivity index (χ3v) is 3.85. The van der Waals surface area contributed by atoms with E-state index in [4.69, 9.17) is 9.79 Å². The van der Waals surface area contributed by atoms with Gasteiger partial charge in [-0.2, -0.15) is 0 Å². The van der Waals surface area contributed by atoms with Crippen molar-refractivity contribution in [1.82, 2.24) is 21.3 Å². The van der Waals surface area contributed by atoms with E-state index < -0.39 is 37.3 Å². The first-order chi connectivity index (χ1) is 9.98. The number of hydrogen-bond donors (Lipinski definition) is 6. The molecule has 0 bridgehead atoms. The predicted molar refractivity (Wildman–Crippen MR) is 78.8 cm³/mol. The van der Waals surface area contributed by atoms with E-state index in [1.807, 2.05) is 0 Å². The zero-order chi connectivity index (χ0) is 17.5. The minimum absolute atomic E-state index is 0.0491. The molecule has 3 atom stereocenters. The van der Waals surface area contributed by atoms with E-state index in [-0.39, 0.29) is 12.5 Å². The first-order valence-electron chi connectivity index (χ1n) is 6.59. The van der Waals surface area contributed by atoms with Gasteiger partial charge in [0.05, 0.1) is 6.54 Å². The highest BCUT2D eigenvalue weighted by atomic mass is 31.2. The highest BCUT2D eigenvalue weighted by Gasteiger charge is 2.28. The molecule has 0 aromatic carbocycles. The Balaban J connectivity index is 4.43. The standard InChI is InChI=1S/C11H23N4O6P/c1-6(13-9(16)5-12-4)10(17)14-7(2)11(18)15-8(3)22(19,20)21/h6-8,12H,5H2,1-4H3,(H,13,16)(H,14,17)(H,15,18)(H2,19,20,21)/t6-,7+,8-/m1/s1. The van der Waals surface area contributed by atoms with Crippen LogP contribution in [0.5, 0.6) is 0 Å². The monoisotopic (exact) mass is 338 g/mol. The average molecular weight is 338 g/mol.